The third-order valence-corrected chi connectivity index (χ3v) is 8.34. The molecule has 2 aromatic carbocycles. The Balaban J connectivity index is 1.34. The number of hydrogen-bond acceptors (Lipinski definition) is 5. The van der Waals surface area contributed by atoms with E-state index in [4.69, 9.17) is 5.26 Å². The number of carbonyl (C=O) groups excluding carboxylic acids is 1. The first kappa shape index (κ1) is 23.1. The summed E-state index contributed by atoms with van der Waals surface area (Å²) in [5.74, 6) is -2.25. The molecule has 8 nitrogen and oxygen atoms in total. The lowest BCUT2D eigenvalue weighted by molar-refractivity contribution is 0.0690. The van der Waals surface area contributed by atoms with Crippen molar-refractivity contribution < 1.29 is 22.0 Å². The standard InChI is InChI=1S/C24H21F2N5O3S/c25-20-9-6-17(14-21(20)26)31-22-3-1-2-19(22)23(28-31)24(32)29-10-12-30(13-11-29)35(33,34)18-7-4-16(15-27)5-8-18/h4-9,14H,1-3,10-13H2. The minimum atomic E-state index is -3.75. The van der Waals surface area contributed by atoms with Crippen LogP contribution in [0, 0.1) is 23.0 Å². The van der Waals surface area contributed by atoms with Crippen molar-refractivity contribution >= 4 is 15.9 Å². The Bertz CT molecular complexity index is 1450. The number of fused-ring (bicyclic) bond motifs is 1. The molecule has 180 valence electrons. The highest BCUT2D eigenvalue weighted by Crippen LogP contribution is 2.29. The average Bonchev–Trinajstić information content (AvgIpc) is 3.49. The Morgan fingerprint density at radius 1 is 0.971 bits per heavy atom. The molecule has 0 unspecified atom stereocenters. The molecule has 0 bridgehead atoms. The van der Waals surface area contributed by atoms with Crippen LogP contribution in [0.25, 0.3) is 5.69 Å². The summed E-state index contributed by atoms with van der Waals surface area (Å²) in [5.41, 5.74) is 2.59. The lowest BCUT2D eigenvalue weighted by Crippen LogP contribution is -2.50. The second-order valence-electron chi connectivity index (χ2n) is 8.47. The van der Waals surface area contributed by atoms with Crippen molar-refractivity contribution in [3.05, 3.63) is 76.6 Å². The number of amides is 1. The first-order chi connectivity index (χ1) is 16.8. The molecule has 1 aromatic heterocycles. The summed E-state index contributed by atoms with van der Waals surface area (Å²) >= 11 is 0. The number of halogens is 2. The Kier molecular flexibility index (Phi) is 5.86. The molecule has 35 heavy (non-hydrogen) atoms. The first-order valence-corrected chi connectivity index (χ1v) is 12.6. The Morgan fingerprint density at radius 2 is 1.69 bits per heavy atom. The van der Waals surface area contributed by atoms with E-state index in [2.05, 4.69) is 5.10 Å². The molecule has 1 fully saturated rings. The van der Waals surface area contributed by atoms with Gasteiger partial charge in [-0.05, 0) is 55.7 Å². The largest absolute Gasteiger partial charge is 0.335 e. The van der Waals surface area contributed by atoms with Crippen LogP contribution in [0.2, 0.25) is 0 Å². The minimum absolute atomic E-state index is 0.0966. The molecule has 0 radical (unpaired) electrons. The highest BCUT2D eigenvalue weighted by Gasteiger charge is 2.34. The summed E-state index contributed by atoms with van der Waals surface area (Å²) in [6.45, 7) is 0.641. The van der Waals surface area contributed by atoms with Crippen LogP contribution in [0.1, 0.15) is 33.7 Å². The highest BCUT2D eigenvalue weighted by atomic mass is 32.2. The van der Waals surface area contributed by atoms with E-state index >= 15 is 0 Å². The quantitative estimate of drug-likeness (QED) is 0.552. The molecular formula is C24H21F2N5O3S. The van der Waals surface area contributed by atoms with Gasteiger partial charge in [0, 0.05) is 43.5 Å². The zero-order chi connectivity index (χ0) is 24.7. The molecule has 0 atom stereocenters. The van der Waals surface area contributed by atoms with Gasteiger partial charge in [-0.3, -0.25) is 4.79 Å². The van der Waals surface area contributed by atoms with Gasteiger partial charge in [-0.1, -0.05) is 0 Å². The number of nitriles is 1. The van der Waals surface area contributed by atoms with E-state index in [-0.39, 0.29) is 42.7 Å². The molecule has 1 aliphatic carbocycles. The molecule has 1 amide bonds. The summed E-state index contributed by atoms with van der Waals surface area (Å²) in [5, 5.41) is 13.4. The molecule has 2 heterocycles. The molecule has 11 heteroatoms. The molecule has 2 aliphatic rings. The van der Waals surface area contributed by atoms with Gasteiger partial charge in [-0.15, -0.1) is 0 Å². The SMILES string of the molecule is N#Cc1ccc(S(=O)(=O)N2CCN(C(=O)c3nn(-c4ccc(F)c(F)c4)c4c3CCC4)CC2)cc1. The Morgan fingerprint density at radius 3 is 2.34 bits per heavy atom. The average molecular weight is 498 g/mol. The third-order valence-electron chi connectivity index (χ3n) is 6.43. The number of carbonyl (C=O) groups is 1. The molecule has 1 saturated heterocycles. The van der Waals surface area contributed by atoms with Crippen molar-refractivity contribution in [1.29, 1.82) is 5.26 Å². The molecule has 5 rings (SSSR count). The predicted octanol–water partition coefficient (Wildman–Crippen LogP) is 2.66. The van der Waals surface area contributed by atoms with E-state index in [1.165, 1.54) is 39.3 Å². The van der Waals surface area contributed by atoms with Gasteiger partial charge in [0.15, 0.2) is 17.3 Å². The molecule has 1 aliphatic heterocycles. The van der Waals surface area contributed by atoms with Gasteiger partial charge in [-0.2, -0.15) is 14.7 Å². The number of nitrogens with zero attached hydrogens (tertiary/aromatic N) is 5. The fourth-order valence-electron chi connectivity index (χ4n) is 4.57. The lowest BCUT2D eigenvalue weighted by Gasteiger charge is -2.33. The summed E-state index contributed by atoms with van der Waals surface area (Å²) in [4.78, 5) is 15.0. The second kappa shape index (κ2) is 8.87. The van der Waals surface area contributed by atoms with E-state index in [1.807, 2.05) is 6.07 Å². The van der Waals surface area contributed by atoms with Crippen molar-refractivity contribution in [1.82, 2.24) is 19.0 Å². The van der Waals surface area contributed by atoms with Crippen LogP contribution in [0.4, 0.5) is 8.78 Å². The van der Waals surface area contributed by atoms with Crippen molar-refractivity contribution in [3.8, 4) is 11.8 Å². The highest BCUT2D eigenvalue weighted by molar-refractivity contribution is 7.89. The second-order valence-corrected chi connectivity index (χ2v) is 10.4. The number of rotatable bonds is 4. The van der Waals surface area contributed by atoms with Gasteiger partial charge in [-0.25, -0.2) is 21.9 Å². The molecule has 0 saturated carbocycles. The van der Waals surface area contributed by atoms with Gasteiger partial charge >= 0.3 is 0 Å². The minimum Gasteiger partial charge on any atom is -0.335 e. The Labute approximate surface area is 201 Å². The summed E-state index contributed by atoms with van der Waals surface area (Å²) in [7, 11) is -3.75. The molecule has 0 N–H and O–H groups in total. The molecule has 0 spiro atoms. The fraction of sp³-hybridized carbons (Fsp3) is 0.292. The van der Waals surface area contributed by atoms with Gasteiger partial charge < -0.3 is 4.90 Å². The smallest absolute Gasteiger partial charge is 0.274 e. The maximum atomic E-state index is 13.8. The van der Waals surface area contributed by atoms with Gasteiger partial charge in [0.05, 0.1) is 22.2 Å². The summed E-state index contributed by atoms with van der Waals surface area (Å²) in [6, 6.07) is 11.2. The molecule has 3 aromatic rings. The first-order valence-electron chi connectivity index (χ1n) is 11.2. The summed E-state index contributed by atoms with van der Waals surface area (Å²) in [6.07, 6.45) is 2.16. The van der Waals surface area contributed by atoms with E-state index in [9.17, 15) is 22.0 Å². The van der Waals surface area contributed by atoms with Gasteiger partial charge in [0.25, 0.3) is 5.91 Å². The van der Waals surface area contributed by atoms with E-state index in [0.717, 1.165) is 29.8 Å². The van der Waals surface area contributed by atoms with Crippen LogP contribution in [-0.4, -0.2) is 59.5 Å². The monoisotopic (exact) mass is 497 g/mol. The predicted molar refractivity (Wildman–Crippen MR) is 121 cm³/mol. The topological polar surface area (TPSA) is 99.3 Å². The third kappa shape index (κ3) is 4.09. The van der Waals surface area contributed by atoms with E-state index in [1.54, 1.807) is 4.90 Å². The lowest BCUT2D eigenvalue weighted by atomic mass is 10.1. The van der Waals surface area contributed by atoms with Gasteiger partial charge in [0.1, 0.15) is 0 Å². The maximum absolute atomic E-state index is 13.8. The van der Waals surface area contributed by atoms with Crippen molar-refractivity contribution in [2.45, 2.75) is 24.2 Å². The van der Waals surface area contributed by atoms with Crippen LogP contribution >= 0.6 is 0 Å². The zero-order valence-corrected chi connectivity index (χ0v) is 19.4. The number of benzene rings is 2. The normalized spacial score (nSPS) is 16.2. The Hall–Kier alpha value is -3.62. The summed E-state index contributed by atoms with van der Waals surface area (Å²) < 4.78 is 56.0. The van der Waals surface area contributed by atoms with Crippen LogP contribution in [-0.2, 0) is 22.9 Å². The van der Waals surface area contributed by atoms with E-state index in [0.29, 0.717) is 24.1 Å². The van der Waals surface area contributed by atoms with E-state index < -0.39 is 21.7 Å². The zero-order valence-electron chi connectivity index (χ0n) is 18.6. The van der Waals surface area contributed by atoms with Crippen molar-refractivity contribution in [2.24, 2.45) is 0 Å². The van der Waals surface area contributed by atoms with Gasteiger partial charge in [0.2, 0.25) is 10.0 Å². The molecular weight excluding hydrogens is 476 g/mol. The fourth-order valence-corrected chi connectivity index (χ4v) is 5.99. The number of hydrogen-bond donors (Lipinski definition) is 0. The van der Waals surface area contributed by atoms with Crippen molar-refractivity contribution in [2.75, 3.05) is 26.2 Å². The van der Waals surface area contributed by atoms with Crippen LogP contribution < -0.4 is 0 Å². The maximum Gasteiger partial charge on any atom is 0.274 e. The number of aromatic nitrogens is 2. The number of piperazine rings is 1. The number of sulfonamides is 1. The van der Waals surface area contributed by atoms with Crippen LogP contribution in [0.3, 0.4) is 0 Å². The van der Waals surface area contributed by atoms with Crippen LogP contribution in [0.5, 0.6) is 0 Å². The van der Waals surface area contributed by atoms with Crippen molar-refractivity contribution in [3.63, 3.8) is 0 Å². The van der Waals surface area contributed by atoms with Crippen LogP contribution in [0.15, 0.2) is 47.4 Å².